The maximum absolute atomic E-state index is 12.6. The topological polar surface area (TPSA) is 68.6 Å². The second-order valence-electron chi connectivity index (χ2n) is 5.81. The Balaban J connectivity index is 1.93. The lowest BCUT2D eigenvalue weighted by molar-refractivity contribution is -0.121. The largest absolute Gasteiger partial charge is 0.482 e. The molecule has 1 aliphatic rings. The van der Waals surface area contributed by atoms with E-state index in [1.807, 2.05) is 6.92 Å². The van der Waals surface area contributed by atoms with E-state index in [2.05, 4.69) is 15.9 Å². The van der Waals surface area contributed by atoms with Gasteiger partial charge >= 0.3 is 0 Å². The van der Waals surface area contributed by atoms with Crippen molar-refractivity contribution < 1.29 is 14.3 Å². The Bertz CT molecular complexity index is 920. The molecule has 0 spiro atoms. The fourth-order valence-electron chi connectivity index (χ4n) is 2.83. The van der Waals surface area contributed by atoms with Gasteiger partial charge in [-0.1, -0.05) is 0 Å². The minimum atomic E-state index is -0.212. The molecule has 1 aromatic carbocycles. The minimum absolute atomic E-state index is 0.000839. The van der Waals surface area contributed by atoms with Gasteiger partial charge in [-0.15, -0.1) is 0 Å². The number of halogens is 1. The number of likely N-dealkylation sites (N-methyl/N-ethyl adjacent to an activating group) is 1. The normalized spacial score (nSPS) is 13.4. The highest BCUT2D eigenvalue weighted by Crippen LogP contribution is 2.33. The number of ketones is 1. The van der Waals surface area contributed by atoms with Gasteiger partial charge in [0.25, 0.3) is 11.5 Å². The number of Topliss-reactive ketones (excluding diaryl/α,β-unsaturated/α-hetero) is 1. The molecular formula is C18H17BrN2O4. The van der Waals surface area contributed by atoms with Gasteiger partial charge in [-0.3, -0.25) is 14.4 Å². The van der Waals surface area contributed by atoms with Crippen LogP contribution in [0.5, 0.6) is 5.75 Å². The fourth-order valence-corrected chi connectivity index (χ4v) is 3.42. The van der Waals surface area contributed by atoms with Gasteiger partial charge in [0.05, 0.1) is 12.2 Å². The van der Waals surface area contributed by atoms with Crippen LogP contribution in [0, 0.1) is 6.92 Å². The molecule has 130 valence electrons. The number of fused-ring (bicyclic) bond motifs is 1. The van der Waals surface area contributed by atoms with E-state index >= 15 is 0 Å². The molecule has 0 saturated heterocycles. The maximum Gasteiger partial charge on any atom is 0.265 e. The van der Waals surface area contributed by atoms with E-state index in [1.165, 1.54) is 4.57 Å². The van der Waals surface area contributed by atoms with Crippen LogP contribution in [-0.4, -0.2) is 29.4 Å². The number of aromatic nitrogens is 1. The molecule has 6 nitrogen and oxygen atoms in total. The van der Waals surface area contributed by atoms with Crippen LogP contribution in [0.25, 0.3) is 0 Å². The molecule has 0 bridgehead atoms. The highest BCUT2D eigenvalue weighted by molar-refractivity contribution is 9.10. The van der Waals surface area contributed by atoms with Crippen LogP contribution in [0.3, 0.4) is 0 Å². The predicted molar refractivity (Wildman–Crippen MR) is 97.4 cm³/mol. The van der Waals surface area contributed by atoms with Crippen molar-refractivity contribution in [3.8, 4) is 5.75 Å². The number of hydrogen-bond acceptors (Lipinski definition) is 4. The standard InChI is InChI=1S/C18H17BrN2O4/c1-3-21-14-7-12(4-5-16(14)25-10-17(21)23)15(22)9-20-8-13(19)6-11(2)18(20)24/h4-8H,3,9-10H2,1-2H3. The lowest BCUT2D eigenvalue weighted by atomic mass is 10.1. The molecular weight excluding hydrogens is 388 g/mol. The molecule has 0 unspecified atom stereocenters. The van der Waals surface area contributed by atoms with E-state index in [0.717, 1.165) is 4.47 Å². The lowest BCUT2D eigenvalue weighted by Crippen LogP contribution is -2.38. The molecule has 0 saturated carbocycles. The zero-order chi connectivity index (χ0) is 18.1. The number of ether oxygens (including phenoxy) is 1. The number of carbonyl (C=O) groups excluding carboxylic acids is 2. The molecule has 2 heterocycles. The summed E-state index contributed by atoms with van der Waals surface area (Å²) < 4.78 is 7.52. The number of aryl methyl sites for hydroxylation is 1. The van der Waals surface area contributed by atoms with E-state index in [9.17, 15) is 14.4 Å². The van der Waals surface area contributed by atoms with Gasteiger partial charge in [-0.05, 0) is 54.0 Å². The van der Waals surface area contributed by atoms with E-state index in [4.69, 9.17) is 4.74 Å². The lowest BCUT2D eigenvalue weighted by Gasteiger charge is -2.28. The van der Waals surface area contributed by atoms with Crippen molar-refractivity contribution >= 4 is 33.3 Å². The number of rotatable bonds is 4. The highest BCUT2D eigenvalue weighted by Gasteiger charge is 2.25. The van der Waals surface area contributed by atoms with Crippen LogP contribution in [0.15, 0.2) is 39.7 Å². The van der Waals surface area contributed by atoms with Gasteiger partial charge in [0.15, 0.2) is 12.4 Å². The molecule has 1 aromatic heterocycles. The first kappa shape index (κ1) is 17.4. The first-order valence-electron chi connectivity index (χ1n) is 7.87. The third kappa shape index (κ3) is 3.37. The third-order valence-electron chi connectivity index (χ3n) is 4.09. The summed E-state index contributed by atoms with van der Waals surface area (Å²) in [5, 5.41) is 0. The number of carbonyl (C=O) groups is 2. The zero-order valence-corrected chi connectivity index (χ0v) is 15.5. The molecule has 0 N–H and O–H groups in total. The number of hydrogen-bond donors (Lipinski definition) is 0. The van der Waals surface area contributed by atoms with Gasteiger partial charge in [-0.2, -0.15) is 0 Å². The van der Waals surface area contributed by atoms with E-state index in [0.29, 0.717) is 29.1 Å². The Labute approximate surface area is 153 Å². The van der Waals surface area contributed by atoms with E-state index < -0.39 is 0 Å². The summed E-state index contributed by atoms with van der Waals surface area (Å²) in [6, 6.07) is 6.70. The highest BCUT2D eigenvalue weighted by atomic mass is 79.9. The number of nitrogens with zero attached hydrogens (tertiary/aromatic N) is 2. The van der Waals surface area contributed by atoms with Crippen LogP contribution in [0.4, 0.5) is 5.69 Å². The van der Waals surface area contributed by atoms with Gasteiger partial charge in [-0.25, -0.2) is 0 Å². The molecule has 0 fully saturated rings. The molecule has 1 aliphatic heterocycles. The summed E-state index contributed by atoms with van der Waals surface area (Å²) in [5.41, 5.74) is 1.37. The molecule has 7 heteroatoms. The quantitative estimate of drug-likeness (QED) is 0.734. The Morgan fingerprint density at radius 2 is 2.04 bits per heavy atom. The van der Waals surface area contributed by atoms with Gasteiger partial charge < -0.3 is 14.2 Å². The van der Waals surface area contributed by atoms with Crippen molar-refractivity contribution in [2.75, 3.05) is 18.1 Å². The molecule has 25 heavy (non-hydrogen) atoms. The Morgan fingerprint density at radius 3 is 2.76 bits per heavy atom. The smallest absolute Gasteiger partial charge is 0.265 e. The van der Waals surface area contributed by atoms with Crippen LogP contribution >= 0.6 is 15.9 Å². The molecule has 1 amide bonds. The molecule has 2 aromatic rings. The summed E-state index contributed by atoms with van der Waals surface area (Å²) in [5.74, 6) is 0.225. The van der Waals surface area contributed by atoms with Gasteiger partial charge in [0.1, 0.15) is 5.75 Å². The number of pyridine rings is 1. The summed E-state index contributed by atoms with van der Waals surface area (Å²) >= 11 is 3.33. The van der Waals surface area contributed by atoms with Crippen molar-refractivity contribution in [3.05, 3.63) is 56.4 Å². The number of amides is 1. The summed E-state index contributed by atoms with van der Waals surface area (Å²) in [4.78, 5) is 38.3. The maximum atomic E-state index is 12.6. The van der Waals surface area contributed by atoms with Crippen LogP contribution in [0.1, 0.15) is 22.8 Å². The van der Waals surface area contributed by atoms with E-state index in [-0.39, 0.29) is 30.4 Å². The van der Waals surface area contributed by atoms with Crippen molar-refractivity contribution in [2.24, 2.45) is 0 Å². The van der Waals surface area contributed by atoms with E-state index in [1.54, 1.807) is 42.3 Å². The SMILES string of the molecule is CCN1C(=O)COc2ccc(C(=O)Cn3cc(Br)cc(C)c3=O)cc21. The monoisotopic (exact) mass is 404 g/mol. The number of anilines is 1. The van der Waals surface area contributed by atoms with Crippen molar-refractivity contribution in [1.82, 2.24) is 4.57 Å². The predicted octanol–water partition coefficient (Wildman–Crippen LogP) is 2.55. The first-order valence-corrected chi connectivity index (χ1v) is 8.67. The van der Waals surface area contributed by atoms with Gasteiger partial charge in [0, 0.05) is 28.3 Å². The molecule has 0 radical (unpaired) electrons. The van der Waals surface area contributed by atoms with Crippen molar-refractivity contribution in [1.29, 1.82) is 0 Å². The van der Waals surface area contributed by atoms with Crippen LogP contribution < -0.4 is 15.2 Å². The van der Waals surface area contributed by atoms with Crippen molar-refractivity contribution in [3.63, 3.8) is 0 Å². The van der Waals surface area contributed by atoms with Crippen LogP contribution in [0.2, 0.25) is 0 Å². The molecule has 0 aliphatic carbocycles. The van der Waals surface area contributed by atoms with Gasteiger partial charge in [0.2, 0.25) is 0 Å². The zero-order valence-electron chi connectivity index (χ0n) is 13.9. The second-order valence-corrected chi connectivity index (χ2v) is 6.72. The third-order valence-corrected chi connectivity index (χ3v) is 4.52. The Morgan fingerprint density at radius 1 is 1.28 bits per heavy atom. The molecule has 0 atom stereocenters. The first-order chi connectivity index (χ1) is 11.9. The Hall–Kier alpha value is -2.41. The summed E-state index contributed by atoms with van der Waals surface area (Å²) in [7, 11) is 0. The molecule has 3 rings (SSSR count). The fraction of sp³-hybridized carbons (Fsp3) is 0.278. The Kier molecular flexibility index (Phi) is 4.76. The average molecular weight is 405 g/mol. The minimum Gasteiger partial charge on any atom is -0.482 e. The summed E-state index contributed by atoms with van der Waals surface area (Å²) in [6.07, 6.45) is 1.59. The number of benzene rings is 1. The average Bonchev–Trinajstić information content (AvgIpc) is 2.58. The summed E-state index contributed by atoms with van der Waals surface area (Å²) in [6.45, 7) is 4.00. The second kappa shape index (κ2) is 6.84. The van der Waals surface area contributed by atoms with Crippen molar-refractivity contribution in [2.45, 2.75) is 20.4 Å². The van der Waals surface area contributed by atoms with Crippen LogP contribution in [-0.2, 0) is 11.3 Å².